The molecule has 22 heavy (non-hydrogen) atoms. The molecule has 0 amide bonds. The highest BCUT2D eigenvalue weighted by molar-refractivity contribution is 6.22. The van der Waals surface area contributed by atoms with Gasteiger partial charge in [-0.3, -0.25) is 14.9 Å². The number of nitro benzene ring substituents is 1. The second-order valence-electron chi connectivity index (χ2n) is 5.86. The van der Waals surface area contributed by atoms with E-state index in [4.69, 9.17) is 5.73 Å². The Morgan fingerprint density at radius 1 is 1.36 bits per heavy atom. The number of nitro groups is 1. The van der Waals surface area contributed by atoms with Crippen LogP contribution < -0.4 is 5.73 Å². The Bertz CT molecular complexity index is 610. The summed E-state index contributed by atoms with van der Waals surface area (Å²) in [6, 6.07) is 6.47. The SMILES string of the molecule is CC[C@@]1(CCCN)C=C(c2ccccc2[N+](=O)[O-])C(=O)CC1. The van der Waals surface area contributed by atoms with Crippen LogP contribution in [0.4, 0.5) is 5.69 Å². The molecule has 1 atom stereocenters. The monoisotopic (exact) mass is 302 g/mol. The van der Waals surface area contributed by atoms with Crippen molar-refractivity contribution in [2.24, 2.45) is 11.1 Å². The molecule has 0 aliphatic heterocycles. The van der Waals surface area contributed by atoms with E-state index in [1.54, 1.807) is 18.2 Å². The van der Waals surface area contributed by atoms with Gasteiger partial charge in [-0.05, 0) is 43.7 Å². The maximum Gasteiger partial charge on any atom is 0.277 e. The summed E-state index contributed by atoms with van der Waals surface area (Å²) in [5.41, 5.74) is 6.47. The van der Waals surface area contributed by atoms with Crippen LogP contribution in [0, 0.1) is 15.5 Å². The summed E-state index contributed by atoms with van der Waals surface area (Å²) >= 11 is 0. The number of rotatable bonds is 6. The molecule has 0 spiro atoms. The Morgan fingerprint density at radius 2 is 2.09 bits per heavy atom. The van der Waals surface area contributed by atoms with Gasteiger partial charge in [0.05, 0.1) is 10.5 Å². The van der Waals surface area contributed by atoms with Crippen molar-refractivity contribution < 1.29 is 9.72 Å². The molecule has 1 aliphatic rings. The summed E-state index contributed by atoms with van der Waals surface area (Å²) in [7, 11) is 0. The molecule has 0 radical (unpaired) electrons. The molecule has 118 valence electrons. The van der Waals surface area contributed by atoms with E-state index >= 15 is 0 Å². The summed E-state index contributed by atoms with van der Waals surface area (Å²) in [6.07, 6.45) is 5.92. The van der Waals surface area contributed by atoms with Crippen molar-refractivity contribution in [2.45, 2.75) is 39.0 Å². The van der Waals surface area contributed by atoms with Gasteiger partial charge in [0.25, 0.3) is 5.69 Å². The van der Waals surface area contributed by atoms with Crippen molar-refractivity contribution in [2.75, 3.05) is 6.54 Å². The summed E-state index contributed by atoms with van der Waals surface area (Å²) in [5.74, 6) is -0.00822. The average Bonchev–Trinajstić information content (AvgIpc) is 2.54. The summed E-state index contributed by atoms with van der Waals surface area (Å²) < 4.78 is 0. The molecule has 5 nitrogen and oxygen atoms in total. The topological polar surface area (TPSA) is 86.2 Å². The number of hydrogen-bond acceptors (Lipinski definition) is 4. The molecule has 0 aromatic heterocycles. The number of hydrogen-bond donors (Lipinski definition) is 1. The molecule has 5 heteroatoms. The molecule has 1 aromatic rings. The van der Waals surface area contributed by atoms with Gasteiger partial charge in [0.2, 0.25) is 0 Å². The van der Waals surface area contributed by atoms with E-state index in [0.717, 1.165) is 25.7 Å². The number of ketones is 1. The van der Waals surface area contributed by atoms with E-state index in [1.807, 2.05) is 6.08 Å². The minimum absolute atomic E-state index is 0.00664. The Morgan fingerprint density at radius 3 is 2.73 bits per heavy atom. The molecule has 0 fully saturated rings. The van der Waals surface area contributed by atoms with Crippen LogP contribution in [0.25, 0.3) is 5.57 Å². The fourth-order valence-electron chi connectivity index (χ4n) is 3.15. The van der Waals surface area contributed by atoms with Crippen LogP contribution in [-0.4, -0.2) is 17.3 Å². The molecule has 0 bridgehead atoms. The number of benzene rings is 1. The van der Waals surface area contributed by atoms with Crippen LogP contribution in [0.15, 0.2) is 30.3 Å². The number of nitrogens with zero attached hydrogens (tertiary/aromatic N) is 1. The summed E-state index contributed by atoms with van der Waals surface area (Å²) in [6.45, 7) is 2.71. The molecular formula is C17H22N2O3. The first-order chi connectivity index (χ1) is 10.5. The molecular weight excluding hydrogens is 280 g/mol. The Balaban J connectivity index is 2.49. The quantitative estimate of drug-likeness (QED) is 0.644. The Labute approximate surface area is 130 Å². The van der Waals surface area contributed by atoms with Crippen LogP contribution >= 0.6 is 0 Å². The highest BCUT2D eigenvalue weighted by Gasteiger charge is 2.34. The van der Waals surface area contributed by atoms with Gasteiger partial charge in [-0.2, -0.15) is 0 Å². The van der Waals surface area contributed by atoms with Gasteiger partial charge in [-0.15, -0.1) is 0 Å². The average molecular weight is 302 g/mol. The Hall–Kier alpha value is -2.01. The zero-order valence-corrected chi connectivity index (χ0v) is 12.9. The van der Waals surface area contributed by atoms with Crippen molar-refractivity contribution in [3.63, 3.8) is 0 Å². The lowest BCUT2D eigenvalue weighted by atomic mass is 9.70. The first-order valence-electron chi connectivity index (χ1n) is 7.73. The number of allylic oxidation sites excluding steroid dienone is 2. The van der Waals surface area contributed by atoms with Crippen LogP contribution in [0.5, 0.6) is 0 Å². The highest BCUT2D eigenvalue weighted by Crippen LogP contribution is 2.43. The highest BCUT2D eigenvalue weighted by atomic mass is 16.6. The zero-order chi connectivity index (χ0) is 16.2. The van der Waals surface area contributed by atoms with E-state index in [-0.39, 0.29) is 16.9 Å². The second-order valence-corrected chi connectivity index (χ2v) is 5.86. The molecule has 0 saturated heterocycles. The van der Waals surface area contributed by atoms with Crippen molar-refractivity contribution in [1.29, 1.82) is 0 Å². The lowest BCUT2D eigenvalue weighted by Crippen LogP contribution is -2.26. The normalized spacial score (nSPS) is 21.5. The van der Waals surface area contributed by atoms with E-state index in [9.17, 15) is 14.9 Å². The molecule has 0 heterocycles. The van der Waals surface area contributed by atoms with E-state index in [1.165, 1.54) is 6.07 Å². The lowest BCUT2D eigenvalue weighted by molar-refractivity contribution is -0.385. The van der Waals surface area contributed by atoms with E-state index in [0.29, 0.717) is 24.1 Å². The number of Topliss-reactive ketones (excluding diaryl/α,β-unsaturated/α-hetero) is 1. The second kappa shape index (κ2) is 6.83. The predicted octanol–water partition coefficient (Wildman–Crippen LogP) is 3.48. The third-order valence-electron chi connectivity index (χ3n) is 4.57. The van der Waals surface area contributed by atoms with E-state index < -0.39 is 4.92 Å². The number of nitrogens with two attached hydrogens (primary N) is 1. The van der Waals surface area contributed by atoms with Gasteiger partial charge in [-0.25, -0.2) is 0 Å². The maximum absolute atomic E-state index is 12.3. The first-order valence-corrected chi connectivity index (χ1v) is 7.73. The predicted molar refractivity (Wildman–Crippen MR) is 86.3 cm³/mol. The van der Waals surface area contributed by atoms with Crippen molar-refractivity contribution in [3.05, 3.63) is 46.0 Å². The van der Waals surface area contributed by atoms with Gasteiger partial charge < -0.3 is 5.73 Å². The molecule has 2 N–H and O–H groups in total. The summed E-state index contributed by atoms with van der Waals surface area (Å²) in [4.78, 5) is 23.1. The van der Waals surface area contributed by atoms with Crippen LogP contribution in [0.2, 0.25) is 0 Å². The number of carbonyl (C=O) groups excluding carboxylic acids is 1. The molecule has 0 saturated carbocycles. The number of para-hydroxylation sites is 1. The first kappa shape index (κ1) is 16.4. The minimum atomic E-state index is -0.425. The fraction of sp³-hybridized carbons (Fsp3) is 0.471. The zero-order valence-electron chi connectivity index (χ0n) is 12.9. The molecule has 0 unspecified atom stereocenters. The largest absolute Gasteiger partial charge is 0.330 e. The number of carbonyl (C=O) groups is 1. The van der Waals surface area contributed by atoms with Gasteiger partial charge in [0, 0.05) is 18.1 Å². The lowest BCUT2D eigenvalue weighted by Gasteiger charge is -2.34. The van der Waals surface area contributed by atoms with Crippen molar-refractivity contribution >= 4 is 17.0 Å². The van der Waals surface area contributed by atoms with Crippen molar-refractivity contribution in [3.8, 4) is 0 Å². The smallest absolute Gasteiger partial charge is 0.277 e. The van der Waals surface area contributed by atoms with Gasteiger partial charge in [0.1, 0.15) is 0 Å². The minimum Gasteiger partial charge on any atom is -0.330 e. The standard InChI is InChI=1S/C17H22N2O3/c1-2-17(9-5-11-18)10-8-16(20)14(12-17)13-6-3-4-7-15(13)19(21)22/h3-4,6-7,12H,2,5,8-11,18H2,1H3/t17-/m0/s1. The van der Waals surface area contributed by atoms with Gasteiger partial charge in [-0.1, -0.05) is 25.1 Å². The van der Waals surface area contributed by atoms with Crippen LogP contribution in [0.1, 0.15) is 44.6 Å². The third kappa shape index (κ3) is 3.25. The van der Waals surface area contributed by atoms with Crippen LogP contribution in [-0.2, 0) is 4.79 Å². The van der Waals surface area contributed by atoms with Crippen molar-refractivity contribution in [1.82, 2.24) is 0 Å². The summed E-state index contributed by atoms with van der Waals surface area (Å²) in [5, 5.41) is 11.2. The Kier molecular flexibility index (Phi) is 5.08. The van der Waals surface area contributed by atoms with Crippen LogP contribution in [0.3, 0.4) is 0 Å². The maximum atomic E-state index is 12.3. The van der Waals surface area contributed by atoms with E-state index in [2.05, 4.69) is 6.92 Å². The van der Waals surface area contributed by atoms with Gasteiger partial charge >= 0.3 is 0 Å². The fourth-order valence-corrected chi connectivity index (χ4v) is 3.15. The molecule has 2 rings (SSSR count). The third-order valence-corrected chi connectivity index (χ3v) is 4.57. The molecule has 1 aliphatic carbocycles. The molecule has 1 aromatic carbocycles. The van der Waals surface area contributed by atoms with Gasteiger partial charge in [0.15, 0.2) is 5.78 Å².